The molecule has 0 radical (unpaired) electrons. The number of rotatable bonds is 1. The summed E-state index contributed by atoms with van der Waals surface area (Å²) in [5.41, 5.74) is 1.72. The number of fused-ring (bicyclic) bond motifs is 1. The van der Waals surface area contributed by atoms with Crippen LogP contribution in [0.3, 0.4) is 0 Å². The lowest BCUT2D eigenvalue weighted by atomic mass is 10.0. The molecule has 24 heavy (non-hydrogen) atoms. The van der Waals surface area contributed by atoms with Crippen LogP contribution in [0, 0.1) is 0 Å². The van der Waals surface area contributed by atoms with E-state index in [1.807, 2.05) is 43.6 Å². The van der Waals surface area contributed by atoms with Gasteiger partial charge in [0.05, 0.1) is 17.8 Å². The van der Waals surface area contributed by atoms with Crippen LogP contribution in [0.25, 0.3) is 10.9 Å². The molecular weight excluding hydrogens is 304 g/mol. The fourth-order valence-electron chi connectivity index (χ4n) is 3.13. The van der Waals surface area contributed by atoms with Crippen molar-refractivity contribution in [2.75, 3.05) is 26.7 Å². The number of hydrogen-bond acceptors (Lipinski definition) is 4. The number of aryl methyl sites for hydroxylation is 1. The first-order valence-corrected chi connectivity index (χ1v) is 8.34. The van der Waals surface area contributed by atoms with Gasteiger partial charge in [-0.25, -0.2) is 4.79 Å². The van der Waals surface area contributed by atoms with E-state index in [0.717, 1.165) is 29.6 Å². The largest absolute Gasteiger partial charge is 0.444 e. The van der Waals surface area contributed by atoms with Gasteiger partial charge in [-0.05, 0) is 45.5 Å². The Labute approximate surface area is 143 Å². The lowest BCUT2D eigenvalue weighted by Crippen LogP contribution is -2.50. The molecule has 0 saturated carbocycles. The number of ether oxygens (including phenoxy) is 1. The predicted octanol–water partition coefficient (Wildman–Crippen LogP) is 2.80. The molecule has 0 bridgehead atoms. The average Bonchev–Trinajstić information content (AvgIpc) is 2.86. The van der Waals surface area contributed by atoms with E-state index in [0.29, 0.717) is 6.54 Å². The number of aromatic nitrogens is 2. The molecule has 130 valence electrons. The van der Waals surface area contributed by atoms with Crippen molar-refractivity contribution in [3.63, 3.8) is 0 Å². The topological polar surface area (TPSA) is 50.6 Å². The Bertz CT molecular complexity index is 747. The number of nitrogens with zero attached hydrogens (tertiary/aromatic N) is 4. The summed E-state index contributed by atoms with van der Waals surface area (Å²) >= 11 is 0. The third-order valence-corrected chi connectivity index (χ3v) is 4.37. The lowest BCUT2D eigenvalue weighted by Gasteiger charge is -2.40. The van der Waals surface area contributed by atoms with E-state index in [-0.39, 0.29) is 12.1 Å². The van der Waals surface area contributed by atoms with Gasteiger partial charge < -0.3 is 9.64 Å². The summed E-state index contributed by atoms with van der Waals surface area (Å²) in [6.07, 6.45) is 1.62. The summed E-state index contributed by atoms with van der Waals surface area (Å²) in [6, 6.07) is 6.28. The van der Waals surface area contributed by atoms with Crippen LogP contribution in [0.2, 0.25) is 0 Å². The molecule has 1 aliphatic heterocycles. The maximum absolute atomic E-state index is 12.6. The number of amides is 1. The standard InChI is InChI=1S/C18H26N4O2/c1-18(2,3)24-17(23)22-9-8-20(4)12-16(22)13-6-7-15-14(10-13)11-19-21(15)5/h6-7,10-11,16H,8-9,12H2,1-5H3. The minimum absolute atomic E-state index is 0.0109. The van der Waals surface area contributed by atoms with Crippen molar-refractivity contribution in [2.24, 2.45) is 7.05 Å². The fourth-order valence-corrected chi connectivity index (χ4v) is 3.13. The number of carbonyl (C=O) groups is 1. The zero-order valence-electron chi connectivity index (χ0n) is 15.1. The van der Waals surface area contributed by atoms with E-state index >= 15 is 0 Å². The van der Waals surface area contributed by atoms with Gasteiger partial charge >= 0.3 is 6.09 Å². The highest BCUT2D eigenvalue weighted by molar-refractivity contribution is 5.79. The van der Waals surface area contributed by atoms with Gasteiger partial charge in [0.2, 0.25) is 0 Å². The summed E-state index contributed by atoms with van der Waals surface area (Å²) in [7, 11) is 4.02. The van der Waals surface area contributed by atoms with Crippen molar-refractivity contribution in [1.82, 2.24) is 19.6 Å². The van der Waals surface area contributed by atoms with Crippen molar-refractivity contribution in [1.29, 1.82) is 0 Å². The third-order valence-electron chi connectivity index (χ3n) is 4.37. The van der Waals surface area contributed by atoms with Crippen LogP contribution in [0.15, 0.2) is 24.4 Å². The lowest BCUT2D eigenvalue weighted by molar-refractivity contribution is 0.00109. The zero-order valence-corrected chi connectivity index (χ0v) is 15.1. The summed E-state index contributed by atoms with van der Waals surface area (Å²) in [5, 5.41) is 5.39. The van der Waals surface area contributed by atoms with E-state index in [9.17, 15) is 4.79 Å². The van der Waals surface area contributed by atoms with Crippen LogP contribution in [-0.2, 0) is 11.8 Å². The van der Waals surface area contributed by atoms with Crippen LogP contribution in [-0.4, -0.2) is 58.0 Å². The number of hydrogen-bond donors (Lipinski definition) is 0. The van der Waals surface area contributed by atoms with Crippen LogP contribution >= 0.6 is 0 Å². The molecule has 1 aromatic heterocycles. The van der Waals surface area contributed by atoms with Crippen LogP contribution in [0.1, 0.15) is 32.4 Å². The number of likely N-dealkylation sites (N-methyl/N-ethyl adjacent to an activating group) is 1. The molecule has 1 amide bonds. The minimum atomic E-state index is -0.488. The second-order valence-electron chi connectivity index (χ2n) is 7.54. The van der Waals surface area contributed by atoms with Crippen molar-refractivity contribution in [2.45, 2.75) is 32.4 Å². The predicted molar refractivity (Wildman–Crippen MR) is 93.9 cm³/mol. The number of carbonyl (C=O) groups excluding carboxylic acids is 1. The second kappa shape index (κ2) is 6.09. The number of piperazine rings is 1. The molecule has 1 unspecified atom stereocenters. The smallest absolute Gasteiger partial charge is 0.410 e. The molecule has 0 spiro atoms. The molecule has 2 heterocycles. The van der Waals surface area contributed by atoms with Gasteiger partial charge in [0.25, 0.3) is 0 Å². The molecule has 1 fully saturated rings. The van der Waals surface area contributed by atoms with Crippen LogP contribution < -0.4 is 0 Å². The highest BCUT2D eigenvalue weighted by atomic mass is 16.6. The van der Waals surface area contributed by atoms with E-state index in [2.05, 4.69) is 35.2 Å². The van der Waals surface area contributed by atoms with Gasteiger partial charge in [0.1, 0.15) is 5.60 Å². The monoisotopic (exact) mass is 330 g/mol. The highest BCUT2D eigenvalue weighted by Gasteiger charge is 2.33. The van der Waals surface area contributed by atoms with Crippen molar-refractivity contribution in [3.05, 3.63) is 30.0 Å². The molecular formula is C18H26N4O2. The van der Waals surface area contributed by atoms with Crippen LogP contribution in [0.5, 0.6) is 0 Å². The first kappa shape index (κ1) is 16.8. The van der Waals surface area contributed by atoms with E-state index in [4.69, 9.17) is 4.74 Å². The summed E-state index contributed by atoms with van der Waals surface area (Å²) < 4.78 is 7.47. The van der Waals surface area contributed by atoms with Crippen molar-refractivity contribution in [3.8, 4) is 0 Å². The Morgan fingerprint density at radius 3 is 2.71 bits per heavy atom. The minimum Gasteiger partial charge on any atom is -0.444 e. The SMILES string of the molecule is CN1CCN(C(=O)OC(C)(C)C)C(c2ccc3c(cnn3C)c2)C1. The molecule has 0 aliphatic carbocycles. The van der Waals surface area contributed by atoms with Gasteiger partial charge in [0, 0.05) is 32.1 Å². The zero-order chi connectivity index (χ0) is 17.5. The van der Waals surface area contributed by atoms with Gasteiger partial charge in [-0.2, -0.15) is 5.10 Å². The molecule has 1 atom stereocenters. The van der Waals surface area contributed by atoms with Gasteiger partial charge in [-0.3, -0.25) is 9.58 Å². The molecule has 2 aromatic rings. The molecule has 3 rings (SSSR count). The Hall–Kier alpha value is -2.08. The first-order chi connectivity index (χ1) is 11.2. The Morgan fingerprint density at radius 1 is 1.25 bits per heavy atom. The molecule has 6 heteroatoms. The maximum Gasteiger partial charge on any atom is 0.410 e. The van der Waals surface area contributed by atoms with Crippen LogP contribution in [0.4, 0.5) is 4.79 Å². The van der Waals surface area contributed by atoms with Crippen molar-refractivity contribution < 1.29 is 9.53 Å². The quantitative estimate of drug-likeness (QED) is 0.807. The second-order valence-corrected chi connectivity index (χ2v) is 7.54. The summed E-state index contributed by atoms with van der Waals surface area (Å²) in [4.78, 5) is 16.7. The van der Waals surface area contributed by atoms with Crippen molar-refractivity contribution >= 4 is 17.0 Å². The van der Waals surface area contributed by atoms with E-state index in [1.54, 1.807) is 0 Å². The Kier molecular flexibility index (Phi) is 4.25. The highest BCUT2D eigenvalue weighted by Crippen LogP contribution is 2.29. The molecule has 1 aromatic carbocycles. The molecule has 1 aliphatic rings. The van der Waals surface area contributed by atoms with Gasteiger partial charge in [-0.1, -0.05) is 6.07 Å². The molecule has 1 saturated heterocycles. The summed E-state index contributed by atoms with van der Waals surface area (Å²) in [6.45, 7) is 8.02. The average molecular weight is 330 g/mol. The normalized spacial score (nSPS) is 19.7. The van der Waals surface area contributed by atoms with E-state index in [1.165, 1.54) is 0 Å². The maximum atomic E-state index is 12.6. The molecule has 0 N–H and O–H groups in total. The number of benzene rings is 1. The molecule has 6 nitrogen and oxygen atoms in total. The fraction of sp³-hybridized carbons (Fsp3) is 0.556. The Morgan fingerprint density at radius 2 is 2.00 bits per heavy atom. The first-order valence-electron chi connectivity index (χ1n) is 8.34. The van der Waals surface area contributed by atoms with Gasteiger partial charge in [0.15, 0.2) is 0 Å². The van der Waals surface area contributed by atoms with E-state index < -0.39 is 5.60 Å². The van der Waals surface area contributed by atoms with Gasteiger partial charge in [-0.15, -0.1) is 0 Å². The Balaban J connectivity index is 1.91. The third kappa shape index (κ3) is 3.38. The summed E-state index contributed by atoms with van der Waals surface area (Å²) in [5.74, 6) is 0.